The molecule has 1 amide bonds. The number of amides is 1. The van der Waals surface area contributed by atoms with Crippen molar-refractivity contribution in [2.75, 3.05) is 13.1 Å². The van der Waals surface area contributed by atoms with Crippen molar-refractivity contribution in [1.29, 1.82) is 0 Å². The minimum absolute atomic E-state index is 0.247. The van der Waals surface area contributed by atoms with Gasteiger partial charge in [-0.15, -0.1) is 11.3 Å². The normalized spacial score (nSPS) is 18.1. The quantitative estimate of drug-likeness (QED) is 0.871. The average Bonchev–Trinajstić information content (AvgIpc) is 3.17. The van der Waals surface area contributed by atoms with Crippen LogP contribution in [-0.4, -0.2) is 38.7 Å². The summed E-state index contributed by atoms with van der Waals surface area (Å²) in [5.41, 5.74) is 5.13. The molecule has 2 aromatic rings. The summed E-state index contributed by atoms with van der Waals surface area (Å²) in [6.07, 6.45) is 2.37. The number of carbonyl (C=O) groups is 1. The van der Waals surface area contributed by atoms with Crippen LogP contribution in [0.15, 0.2) is 11.6 Å². The lowest BCUT2D eigenvalue weighted by Crippen LogP contribution is -2.29. The second kappa shape index (κ2) is 6.20. The third kappa shape index (κ3) is 3.06. The molecule has 0 bridgehead atoms. The van der Waals surface area contributed by atoms with Crippen LogP contribution in [0.5, 0.6) is 0 Å². The summed E-state index contributed by atoms with van der Waals surface area (Å²) in [5.74, 6) is 0.247. The Balaban J connectivity index is 1.57. The summed E-state index contributed by atoms with van der Waals surface area (Å²) in [7, 11) is 0. The van der Waals surface area contributed by atoms with Gasteiger partial charge in [-0.2, -0.15) is 5.10 Å². The van der Waals surface area contributed by atoms with Gasteiger partial charge >= 0.3 is 0 Å². The van der Waals surface area contributed by atoms with Crippen molar-refractivity contribution in [3.8, 4) is 0 Å². The Kier molecular flexibility index (Phi) is 4.29. The zero-order chi connectivity index (χ0) is 15.7. The Morgan fingerprint density at radius 2 is 2.23 bits per heavy atom. The van der Waals surface area contributed by atoms with E-state index in [4.69, 9.17) is 0 Å². The molecule has 3 heterocycles. The number of hydrogen-bond donors (Lipinski definition) is 0. The highest BCUT2D eigenvalue weighted by molar-refractivity contribution is 7.09. The molecule has 3 rings (SSSR count). The van der Waals surface area contributed by atoms with Gasteiger partial charge in [-0.3, -0.25) is 9.48 Å². The van der Waals surface area contributed by atoms with Crippen LogP contribution in [0.2, 0.25) is 0 Å². The summed E-state index contributed by atoms with van der Waals surface area (Å²) in [5, 5.41) is 4.56. The van der Waals surface area contributed by atoms with Gasteiger partial charge in [0.25, 0.3) is 0 Å². The number of nitrogens with zero attached hydrogens (tertiary/aromatic N) is 4. The molecule has 6 heteroatoms. The predicted molar refractivity (Wildman–Crippen MR) is 87.1 cm³/mol. The van der Waals surface area contributed by atoms with E-state index < -0.39 is 0 Å². The van der Waals surface area contributed by atoms with E-state index in [9.17, 15) is 4.79 Å². The molecule has 0 saturated carbocycles. The molecule has 1 aliphatic rings. The van der Waals surface area contributed by atoms with Crippen molar-refractivity contribution in [2.45, 2.75) is 46.1 Å². The van der Waals surface area contributed by atoms with Gasteiger partial charge in [-0.1, -0.05) is 0 Å². The molecule has 5 nitrogen and oxygen atoms in total. The number of hydrogen-bond acceptors (Lipinski definition) is 4. The zero-order valence-corrected chi connectivity index (χ0v) is 14.2. The minimum Gasteiger partial charge on any atom is -0.340 e. The van der Waals surface area contributed by atoms with Crippen molar-refractivity contribution in [3.63, 3.8) is 0 Å². The van der Waals surface area contributed by atoms with Crippen LogP contribution in [-0.2, 0) is 11.2 Å². The van der Waals surface area contributed by atoms with Gasteiger partial charge in [0.1, 0.15) is 0 Å². The van der Waals surface area contributed by atoms with Crippen molar-refractivity contribution >= 4 is 17.2 Å². The molecule has 0 aromatic carbocycles. The smallest absolute Gasteiger partial charge is 0.223 e. The Bertz CT molecular complexity index is 675. The van der Waals surface area contributed by atoms with E-state index in [2.05, 4.69) is 27.8 Å². The Morgan fingerprint density at radius 1 is 1.41 bits per heavy atom. The molecule has 0 spiro atoms. The van der Waals surface area contributed by atoms with E-state index in [1.807, 2.05) is 24.3 Å². The van der Waals surface area contributed by atoms with Gasteiger partial charge in [0, 0.05) is 30.1 Å². The topological polar surface area (TPSA) is 51.0 Å². The second-order valence-electron chi connectivity index (χ2n) is 6.01. The molecule has 1 fully saturated rings. The highest BCUT2D eigenvalue weighted by atomic mass is 32.1. The van der Waals surface area contributed by atoms with E-state index in [0.29, 0.717) is 12.5 Å². The van der Waals surface area contributed by atoms with E-state index in [1.165, 1.54) is 10.6 Å². The van der Waals surface area contributed by atoms with Crippen molar-refractivity contribution < 1.29 is 4.79 Å². The lowest BCUT2D eigenvalue weighted by atomic mass is 10.2. The largest absolute Gasteiger partial charge is 0.340 e. The average molecular weight is 318 g/mol. The lowest BCUT2D eigenvalue weighted by molar-refractivity contribution is -0.130. The van der Waals surface area contributed by atoms with Crippen LogP contribution in [0.4, 0.5) is 0 Å². The van der Waals surface area contributed by atoms with E-state index in [0.717, 1.165) is 37.3 Å². The van der Waals surface area contributed by atoms with E-state index >= 15 is 0 Å². The molecule has 0 aliphatic carbocycles. The molecular weight excluding hydrogens is 296 g/mol. The molecule has 1 atom stereocenters. The molecular formula is C16H22N4OS. The fraction of sp³-hybridized carbons (Fsp3) is 0.562. The molecule has 2 aromatic heterocycles. The minimum atomic E-state index is 0.247. The number of thiazole rings is 1. The van der Waals surface area contributed by atoms with E-state index in [-0.39, 0.29) is 5.91 Å². The summed E-state index contributed by atoms with van der Waals surface area (Å²) in [4.78, 5) is 19.8. The predicted octanol–water partition coefficient (Wildman–Crippen LogP) is 2.67. The third-order valence-corrected chi connectivity index (χ3v) is 5.31. The van der Waals surface area contributed by atoms with Crippen LogP contribution in [0.1, 0.15) is 40.8 Å². The summed E-state index contributed by atoms with van der Waals surface area (Å²) < 4.78 is 2.08. The standard InChI is InChI=1S/C16H22N4OS/c1-11-8-12(2)20(18-11)14-6-7-19(9-14)16(21)5-4-15-13(3)17-10-22-15/h8,10,14H,4-7,9H2,1-3H3. The monoisotopic (exact) mass is 318 g/mol. The maximum absolute atomic E-state index is 12.4. The number of aryl methyl sites for hydroxylation is 4. The maximum atomic E-state index is 12.4. The Morgan fingerprint density at radius 3 is 2.86 bits per heavy atom. The first-order valence-electron chi connectivity index (χ1n) is 7.74. The first-order chi connectivity index (χ1) is 10.5. The molecule has 0 radical (unpaired) electrons. The van der Waals surface area contributed by atoms with Crippen LogP contribution < -0.4 is 0 Å². The lowest BCUT2D eigenvalue weighted by Gasteiger charge is -2.17. The molecule has 22 heavy (non-hydrogen) atoms. The first-order valence-corrected chi connectivity index (χ1v) is 8.62. The highest BCUT2D eigenvalue weighted by Gasteiger charge is 2.28. The molecule has 1 unspecified atom stereocenters. The highest BCUT2D eigenvalue weighted by Crippen LogP contribution is 2.24. The summed E-state index contributed by atoms with van der Waals surface area (Å²) in [6.45, 7) is 7.72. The van der Waals surface area contributed by atoms with Gasteiger partial charge < -0.3 is 4.90 Å². The molecule has 1 saturated heterocycles. The van der Waals surface area contributed by atoms with Crippen molar-refractivity contribution in [3.05, 3.63) is 33.5 Å². The van der Waals surface area contributed by atoms with Crippen LogP contribution in [0, 0.1) is 20.8 Å². The van der Waals surface area contributed by atoms with Gasteiger partial charge in [0.2, 0.25) is 5.91 Å². The van der Waals surface area contributed by atoms with Gasteiger partial charge in [0.05, 0.1) is 22.9 Å². The second-order valence-corrected chi connectivity index (χ2v) is 6.95. The zero-order valence-electron chi connectivity index (χ0n) is 13.4. The van der Waals surface area contributed by atoms with Crippen LogP contribution in [0.3, 0.4) is 0 Å². The Hall–Kier alpha value is -1.69. The summed E-state index contributed by atoms with van der Waals surface area (Å²) >= 11 is 1.64. The number of likely N-dealkylation sites (tertiary alicyclic amines) is 1. The summed E-state index contributed by atoms with van der Waals surface area (Å²) in [6, 6.07) is 2.42. The SMILES string of the molecule is Cc1cc(C)n(C2CCN(C(=O)CCc3scnc3C)C2)n1. The van der Waals surface area contributed by atoms with Gasteiger partial charge in [-0.05, 0) is 39.7 Å². The van der Waals surface area contributed by atoms with Crippen molar-refractivity contribution in [1.82, 2.24) is 19.7 Å². The maximum Gasteiger partial charge on any atom is 0.223 e. The molecule has 118 valence electrons. The fourth-order valence-electron chi connectivity index (χ4n) is 3.13. The molecule has 1 aliphatic heterocycles. The third-order valence-electron chi connectivity index (χ3n) is 4.32. The van der Waals surface area contributed by atoms with Crippen LogP contribution >= 0.6 is 11.3 Å². The van der Waals surface area contributed by atoms with E-state index in [1.54, 1.807) is 11.3 Å². The fourth-order valence-corrected chi connectivity index (χ4v) is 3.91. The van der Waals surface area contributed by atoms with Crippen LogP contribution in [0.25, 0.3) is 0 Å². The van der Waals surface area contributed by atoms with Crippen molar-refractivity contribution in [2.24, 2.45) is 0 Å². The molecule has 0 N–H and O–H groups in total. The number of aromatic nitrogens is 3. The number of rotatable bonds is 4. The Labute approximate surface area is 135 Å². The first kappa shape index (κ1) is 15.2. The number of carbonyl (C=O) groups excluding carboxylic acids is 1. The van der Waals surface area contributed by atoms with Gasteiger partial charge in [0.15, 0.2) is 0 Å². The van der Waals surface area contributed by atoms with Gasteiger partial charge in [-0.25, -0.2) is 4.98 Å².